The first kappa shape index (κ1) is 12.5. The molecular formula is C12H15BrN2O2. The average Bonchev–Trinajstić information content (AvgIpc) is 2.37. The van der Waals surface area contributed by atoms with Crippen molar-refractivity contribution in [1.29, 1.82) is 0 Å². The summed E-state index contributed by atoms with van der Waals surface area (Å²) in [5.74, 6) is 0. The van der Waals surface area contributed by atoms with Crippen molar-refractivity contribution in [3.8, 4) is 0 Å². The summed E-state index contributed by atoms with van der Waals surface area (Å²) in [6.07, 6.45) is 7.36. The van der Waals surface area contributed by atoms with E-state index in [9.17, 15) is 0 Å². The molecule has 0 bridgehead atoms. The van der Waals surface area contributed by atoms with Crippen molar-refractivity contribution in [2.24, 2.45) is 5.16 Å². The Morgan fingerprint density at radius 1 is 1.41 bits per heavy atom. The van der Waals surface area contributed by atoms with Gasteiger partial charge < -0.3 is 9.94 Å². The Morgan fingerprint density at radius 2 is 2.18 bits per heavy atom. The van der Waals surface area contributed by atoms with E-state index in [0.29, 0.717) is 6.61 Å². The van der Waals surface area contributed by atoms with Crippen LogP contribution in [0.1, 0.15) is 31.2 Å². The van der Waals surface area contributed by atoms with Gasteiger partial charge in [-0.05, 0) is 53.2 Å². The second-order valence-electron chi connectivity index (χ2n) is 4.19. The quantitative estimate of drug-likeness (QED) is 0.689. The molecule has 0 atom stereocenters. The molecule has 0 aromatic carbocycles. The molecule has 1 heterocycles. The Morgan fingerprint density at radius 3 is 2.82 bits per heavy atom. The predicted octanol–water partition coefficient (Wildman–Crippen LogP) is 3.13. The van der Waals surface area contributed by atoms with Gasteiger partial charge in [0.1, 0.15) is 0 Å². The molecule has 1 aliphatic rings. The molecule has 0 saturated heterocycles. The summed E-state index contributed by atoms with van der Waals surface area (Å²) in [7, 11) is 0. The molecule has 0 radical (unpaired) electrons. The number of aromatic nitrogens is 1. The lowest BCUT2D eigenvalue weighted by molar-refractivity contribution is 0.0275. The Balaban J connectivity index is 1.79. The van der Waals surface area contributed by atoms with E-state index in [-0.39, 0.29) is 6.10 Å². The Bertz CT molecular complexity index is 399. The van der Waals surface area contributed by atoms with Crippen LogP contribution < -0.4 is 0 Å². The molecule has 92 valence electrons. The third-order valence-electron chi connectivity index (χ3n) is 2.90. The molecule has 1 aliphatic carbocycles. The molecule has 1 aromatic heterocycles. The topological polar surface area (TPSA) is 54.7 Å². The van der Waals surface area contributed by atoms with Crippen LogP contribution in [0.15, 0.2) is 28.1 Å². The highest BCUT2D eigenvalue weighted by Crippen LogP contribution is 2.20. The standard InChI is InChI=1S/C12H15BrN2O2/c13-10-5-9(6-14-7-10)8-17-12-3-1-11(15-16)2-4-12/h5-7,12,16H,1-4,8H2. The molecule has 0 unspecified atom stereocenters. The van der Waals surface area contributed by atoms with E-state index in [0.717, 1.165) is 41.4 Å². The van der Waals surface area contributed by atoms with E-state index >= 15 is 0 Å². The molecule has 4 nitrogen and oxygen atoms in total. The van der Waals surface area contributed by atoms with Crippen LogP contribution in [-0.2, 0) is 11.3 Å². The van der Waals surface area contributed by atoms with E-state index in [1.807, 2.05) is 12.3 Å². The second kappa shape index (κ2) is 6.12. The van der Waals surface area contributed by atoms with Gasteiger partial charge >= 0.3 is 0 Å². The largest absolute Gasteiger partial charge is 0.411 e. The fourth-order valence-corrected chi connectivity index (χ4v) is 2.35. The summed E-state index contributed by atoms with van der Waals surface area (Å²) in [4.78, 5) is 4.09. The minimum atomic E-state index is 0.263. The molecule has 1 saturated carbocycles. The molecule has 0 spiro atoms. The van der Waals surface area contributed by atoms with E-state index in [1.165, 1.54) is 0 Å². The van der Waals surface area contributed by atoms with E-state index in [1.54, 1.807) is 6.20 Å². The van der Waals surface area contributed by atoms with Gasteiger partial charge in [-0.1, -0.05) is 5.16 Å². The van der Waals surface area contributed by atoms with Crippen molar-refractivity contribution in [2.45, 2.75) is 38.4 Å². The maximum absolute atomic E-state index is 8.65. The van der Waals surface area contributed by atoms with E-state index in [4.69, 9.17) is 9.94 Å². The first-order valence-corrected chi connectivity index (χ1v) is 6.48. The number of pyridine rings is 1. The lowest BCUT2D eigenvalue weighted by Crippen LogP contribution is -2.21. The number of nitrogens with zero attached hydrogens (tertiary/aromatic N) is 2. The maximum Gasteiger partial charge on any atom is 0.0735 e. The van der Waals surface area contributed by atoms with Gasteiger partial charge in [0.25, 0.3) is 0 Å². The molecule has 0 aliphatic heterocycles. The fourth-order valence-electron chi connectivity index (χ4n) is 1.94. The SMILES string of the molecule is ON=C1CCC(OCc2cncc(Br)c2)CC1. The first-order chi connectivity index (χ1) is 8.28. The van der Waals surface area contributed by atoms with Gasteiger partial charge in [-0.25, -0.2) is 0 Å². The molecular weight excluding hydrogens is 284 g/mol. The van der Waals surface area contributed by atoms with Crippen LogP contribution in [0.2, 0.25) is 0 Å². The molecule has 1 aromatic rings. The van der Waals surface area contributed by atoms with Crippen LogP contribution in [0.25, 0.3) is 0 Å². The minimum absolute atomic E-state index is 0.263. The van der Waals surface area contributed by atoms with Crippen LogP contribution in [0.5, 0.6) is 0 Å². The summed E-state index contributed by atoms with van der Waals surface area (Å²) in [5, 5.41) is 11.9. The summed E-state index contributed by atoms with van der Waals surface area (Å²) in [6.45, 7) is 0.586. The minimum Gasteiger partial charge on any atom is -0.411 e. The van der Waals surface area contributed by atoms with Crippen LogP contribution in [-0.4, -0.2) is 22.0 Å². The van der Waals surface area contributed by atoms with Crippen molar-refractivity contribution in [2.75, 3.05) is 0 Å². The van der Waals surface area contributed by atoms with Gasteiger partial charge in [0.15, 0.2) is 0 Å². The highest BCUT2D eigenvalue weighted by Gasteiger charge is 2.18. The maximum atomic E-state index is 8.65. The Hall–Kier alpha value is -0.940. The monoisotopic (exact) mass is 298 g/mol. The zero-order valence-corrected chi connectivity index (χ0v) is 11.1. The Labute approximate surface area is 109 Å². The van der Waals surface area contributed by atoms with Crippen molar-refractivity contribution < 1.29 is 9.94 Å². The van der Waals surface area contributed by atoms with Gasteiger partial charge in [0.05, 0.1) is 18.4 Å². The van der Waals surface area contributed by atoms with Crippen LogP contribution in [0, 0.1) is 0 Å². The normalized spacial score (nSPS) is 20.3. The summed E-state index contributed by atoms with van der Waals surface area (Å²) >= 11 is 3.38. The zero-order chi connectivity index (χ0) is 12.1. The number of hydrogen-bond acceptors (Lipinski definition) is 4. The second-order valence-corrected chi connectivity index (χ2v) is 5.10. The number of rotatable bonds is 3. The lowest BCUT2D eigenvalue weighted by atomic mass is 9.96. The lowest BCUT2D eigenvalue weighted by Gasteiger charge is -2.22. The van der Waals surface area contributed by atoms with Crippen molar-refractivity contribution in [1.82, 2.24) is 4.98 Å². The zero-order valence-electron chi connectivity index (χ0n) is 9.47. The fraction of sp³-hybridized carbons (Fsp3) is 0.500. The number of ether oxygens (including phenoxy) is 1. The van der Waals surface area contributed by atoms with Gasteiger partial charge in [0.2, 0.25) is 0 Å². The van der Waals surface area contributed by atoms with Crippen LogP contribution in [0.4, 0.5) is 0 Å². The summed E-state index contributed by atoms with van der Waals surface area (Å²) in [5.41, 5.74) is 1.95. The number of oxime groups is 1. The third kappa shape index (κ3) is 3.78. The average molecular weight is 299 g/mol. The molecule has 5 heteroatoms. The number of halogens is 1. The van der Waals surface area contributed by atoms with Gasteiger partial charge in [-0.2, -0.15) is 0 Å². The Kier molecular flexibility index (Phi) is 4.50. The van der Waals surface area contributed by atoms with Gasteiger partial charge in [-0.3, -0.25) is 4.98 Å². The van der Waals surface area contributed by atoms with Gasteiger partial charge in [-0.15, -0.1) is 0 Å². The molecule has 2 rings (SSSR count). The van der Waals surface area contributed by atoms with Crippen LogP contribution >= 0.6 is 15.9 Å². The van der Waals surface area contributed by atoms with Gasteiger partial charge in [0, 0.05) is 16.9 Å². The number of hydrogen-bond donors (Lipinski definition) is 1. The summed E-state index contributed by atoms with van der Waals surface area (Å²) in [6, 6.07) is 2.01. The molecule has 17 heavy (non-hydrogen) atoms. The molecule has 1 fully saturated rings. The molecule has 1 N–H and O–H groups in total. The van der Waals surface area contributed by atoms with Crippen molar-refractivity contribution >= 4 is 21.6 Å². The summed E-state index contributed by atoms with van der Waals surface area (Å²) < 4.78 is 6.79. The molecule has 0 amide bonds. The smallest absolute Gasteiger partial charge is 0.0735 e. The van der Waals surface area contributed by atoms with E-state index < -0.39 is 0 Å². The van der Waals surface area contributed by atoms with E-state index in [2.05, 4.69) is 26.1 Å². The van der Waals surface area contributed by atoms with Crippen molar-refractivity contribution in [3.63, 3.8) is 0 Å². The highest BCUT2D eigenvalue weighted by molar-refractivity contribution is 9.10. The predicted molar refractivity (Wildman–Crippen MR) is 68.2 cm³/mol. The van der Waals surface area contributed by atoms with Crippen molar-refractivity contribution in [3.05, 3.63) is 28.5 Å². The van der Waals surface area contributed by atoms with Crippen LogP contribution in [0.3, 0.4) is 0 Å². The first-order valence-electron chi connectivity index (χ1n) is 5.69. The highest BCUT2D eigenvalue weighted by atomic mass is 79.9. The third-order valence-corrected chi connectivity index (χ3v) is 3.33.